The molecule has 2 N–H and O–H groups in total. The fourth-order valence-corrected chi connectivity index (χ4v) is 3.49. The van der Waals surface area contributed by atoms with Gasteiger partial charge in [-0.15, -0.1) is 0 Å². The SMILES string of the molecule is Cc1cccc(NC(=O)Cc2c(-c3ccccc3)[nH]c3cc(C)ccc23)c1. The maximum absolute atomic E-state index is 12.8. The molecule has 0 spiro atoms. The average Bonchev–Trinajstić information content (AvgIpc) is 3.00. The van der Waals surface area contributed by atoms with E-state index in [1.54, 1.807) is 0 Å². The number of fused-ring (bicyclic) bond motifs is 1. The first-order chi connectivity index (χ1) is 13.1. The molecule has 3 aromatic carbocycles. The highest BCUT2D eigenvalue weighted by Crippen LogP contribution is 2.31. The highest BCUT2D eigenvalue weighted by Gasteiger charge is 2.16. The predicted molar refractivity (Wildman–Crippen MR) is 112 cm³/mol. The minimum absolute atomic E-state index is 0.0146. The molecule has 4 aromatic rings. The van der Waals surface area contributed by atoms with Crippen LogP contribution < -0.4 is 5.32 Å². The lowest BCUT2D eigenvalue weighted by atomic mass is 10.0. The normalized spacial score (nSPS) is 10.9. The molecule has 0 unspecified atom stereocenters. The second-order valence-electron chi connectivity index (χ2n) is 6.99. The van der Waals surface area contributed by atoms with Gasteiger partial charge >= 0.3 is 0 Å². The van der Waals surface area contributed by atoms with Gasteiger partial charge in [-0.3, -0.25) is 4.79 Å². The van der Waals surface area contributed by atoms with Gasteiger partial charge in [0, 0.05) is 16.6 Å². The van der Waals surface area contributed by atoms with Gasteiger partial charge in [-0.25, -0.2) is 0 Å². The van der Waals surface area contributed by atoms with E-state index in [-0.39, 0.29) is 5.91 Å². The van der Waals surface area contributed by atoms with Crippen molar-refractivity contribution < 1.29 is 4.79 Å². The molecule has 0 radical (unpaired) electrons. The highest BCUT2D eigenvalue weighted by atomic mass is 16.1. The number of hydrogen-bond donors (Lipinski definition) is 2. The van der Waals surface area contributed by atoms with Crippen LogP contribution in [0.15, 0.2) is 72.8 Å². The number of nitrogens with one attached hydrogen (secondary N) is 2. The monoisotopic (exact) mass is 354 g/mol. The summed E-state index contributed by atoms with van der Waals surface area (Å²) < 4.78 is 0. The van der Waals surface area contributed by atoms with Crippen LogP contribution in [0.4, 0.5) is 5.69 Å². The number of carbonyl (C=O) groups is 1. The Morgan fingerprint density at radius 2 is 1.67 bits per heavy atom. The van der Waals surface area contributed by atoms with Crippen LogP contribution in [0.25, 0.3) is 22.2 Å². The van der Waals surface area contributed by atoms with Crippen LogP contribution in [0.5, 0.6) is 0 Å². The fourth-order valence-electron chi connectivity index (χ4n) is 3.49. The third-order valence-corrected chi connectivity index (χ3v) is 4.76. The number of rotatable bonds is 4. The minimum atomic E-state index is -0.0146. The molecule has 4 rings (SSSR count). The van der Waals surface area contributed by atoms with Gasteiger partial charge in [0.15, 0.2) is 0 Å². The Hall–Kier alpha value is -3.33. The summed E-state index contributed by atoms with van der Waals surface area (Å²) in [6.07, 6.45) is 0.321. The van der Waals surface area contributed by atoms with Crippen molar-refractivity contribution in [1.82, 2.24) is 4.98 Å². The molecule has 0 aliphatic carbocycles. The molecule has 0 aliphatic heterocycles. The lowest BCUT2D eigenvalue weighted by molar-refractivity contribution is -0.115. The van der Waals surface area contributed by atoms with Gasteiger partial charge in [-0.2, -0.15) is 0 Å². The molecule has 0 fully saturated rings. The first kappa shape index (κ1) is 17.1. The maximum atomic E-state index is 12.8. The number of aromatic nitrogens is 1. The molecule has 134 valence electrons. The minimum Gasteiger partial charge on any atom is -0.354 e. The van der Waals surface area contributed by atoms with E-state index in [9.17, 15) is 4.79 Å². The highest BCUT2D eigenvalue weighted by molar-refractivity contribution is 5.99. The maximum Gasteiger partial charge on any atom is 0.228 e. The Morgan fingerprint density at radius 1 is 0.889 bits per heavy atom. The predicted octanol–water partition coefficient (Wildman–Crippen LogP) is 5.63. The van der Waals surface area contributed by atoms with Gasteiger partial charge in [0.05, 0.1) is 12.1 Å². The molecule has 1 amide bonds. The van der Waals surface area contributed by atoms with E-state index in [4.69, 9.17) is 0 Å². The van der Waals surface area contributed by atoms with Crippen LogP contribution in [0.2, 0.25) is 0 Å². The third kappa shape index (κ3) is 3.63. The summed E-state index contributed by atoms with van der Waals surface area (Å²) >= 11 is 0. The Labute approximate surface area is 159 Å². The van der Waals surface area contributed by atoms with E-state index in [1.807, 2.05) is 49.4 Å². The topological polar surface area (TPSA) is 44.9 Å². The van der Waals surface area contributed by atoms with E-state index in [2.05, 4.69) is 47.6 Å². The van der Waals surface area contributed by atoms with Gasteiger partial charge in [0.2, 0.25) is 5.91 Å². The Morgan fingerprint density at radius 3 is 2.44 bits per heavy atom. The number of aryl methyl sites for hydroxylation is 2. The summed E-state index contributed by atoms with van der Waals surface area (Å²) in [5, 5.41) is 4.12. The summed E-state index contributed by atoms with van der Waals surface area (Å²) in [6.45, 7) is 4.09. The van der Waals surface area contributed by atoms with Crippen molar-refractivity contribution in [2.45, 2.75) is 20.3 Å². The summed E-state index contributed by atoms with van der Waals surface area (Å²) in [7, 11) is 0. The van der Waals surface area contributed by atoms with Crippen molar-refractivity contribution >= 4 is 22.5 Å². The largest absolute Gasteiger partial charge is 0.354 e. The standard InChI is InChI=1S/C24H22N2O/c1-16-7-6-10-19(13-16)25-23(27)15-21-20-12-11-17(2)14-22(20)26-24(21)18-8-4-3-5-9-18/h3-14,26H,15H2,1-2H3,(H,25,27). The van der Waals surface area contributed by atoms with Gasteiger partial charge in [0.25, 0.3) is 0 Å². The zero-order valence-corrected chi connectivity index (χ0v) is 15.5. The number of H-pyrrole nitrogens is 1. The molecule has 3 heteroatoms. The number of hydrogen-bond acceptors (Lipinski definition) is 1. The molecular formula is C24H22N2O. The Bertz CT molecular complexity index is 1110. The summed E-state index contributed by atoms with van der Waals surface area (Å²) in [6, 6.07) is 24.4. The molecule has 0 bridgehead atoms. The van der Waals surface area contributed by atoms with Crippen molar-refractivity contribution in [2.75, 3.05) is 5.32 Å². The van der Waals surface area contributed by atoms with Crippen molar-refractivity contribution in [2.24, 2.45) is 0 Å². The zero-order chi connectivity index (χ0) is 18.8. The molecule has 1 heterocycles. The van der Waals surface area contributed by atoms with Gasteiger partial charge in [-0.1, -0.05) is 54.6 Å². The summed E-state index contributed by atoms with van der Waals surface area (Å²) in [5.41, 5.74) is 7.34. The Balaban J connectivity index is 1.72. The lowest BCUT2D eigenvalue weighted by Gasteiger charge is -2.08. The van der Waals surface area contributed by atoms with E-state index in [0.29, 0.717) is 6.42 Å². The van der Waals surface area contributed by atoms with Crippen LogP contribution in [0.3, 0.4) is 0 Å². The van der Waals surface area contributed by atoms with Crippen molar-refractivity contribution in [3.8, 4) is 11.3 Å². The number of amides is 1. The van der Waals surface area contributed by atoms with Crippen LogP contribution in [-0.2, 0) is 11.2 Å². The number of carbonyl (C=O) groups excluding carboxylic acids is 1. The summed E-state index contributed by atoms with van der Waals surface area (Å²) in [4.78, 5) is 16.3. The van der Waals surface area contributed by atoms with E-state index < -0.39 is 0 Å². The number of aromatic amines is 1. The van der Waals surface area contributed by atoms with Crippen LogP contribution in [0.1, 0.15) is 16.7 Å². The van der Waals surface area contributed by atoms with Crippen molar-refractivity contribution in [3.63, 3.8) is 0 Å². The van der Waals surface area contributed by atoms with Crippen LogP contribution >= 0.6 is 0 Å². The second-order valence-corrected chi connectivity index (χ2v) is 6.99. The molecule has 0 atom stereocenters. The second kappa shape index (κ2) is 7.12. The summed E-state index contributed by atoms with van der Waals surface area (Å²) in [5.74, 6) is -0.0146. The van der Waals surface area contributed by atoms with Gasteiger partial charge in [-0.05, 0) is 54.3 Å². The fraction of sp³-hybridized carbons (Fsp3) is 0.125. The molecule has 27 heavy (non-hydrogen) atoms. The zero-order valence-electron chi connectivity index (χ0n) is 15.5. The molecule has 0 saturated heterocycles. The lowest BCUT2D eigenvalue weighted by Crippen LogP contribution is -2.14. The van der Waals surface area contributed by atoms with Crippen molar-refractivity contribution in [1.29, 1.82) is 0 Å². The average molecular weight is 354 g/mol. The molecule has 0 aliphatic rings. The first-order valence-corrected chi connectivity index (χ1v) is 9.13. The quantitative estimate of drug-likeness (QED) is 0.490. The third-order valence-electron chi connectivity index (χ3n) is 4.76. The van der Waals surface area contributed by atoms with Crippen LogP contribution in [0, 0.1) is 13.8 Å². The molecular weight excluding hydrogens is 332 g/mol. The Kier molecular flexibility index (Phi) is 4.51. The molecule has 1 aromatic heterocycles. The molecule has 0 saturated carbocycles. The molecule has 3 nitrogen and oxygen atoms in total. The smallest absolute Gasteiger partial charge is 0.228 e. The van der Waals surface area contributed by atoms with Crippen molar-refractivity contribution in [3.05, 3.63) is 89.5 Å². The van der Waals surface area contributed by atoms with E-state index >= 15 is 0 Å². The first-order valence-electron chi connectivity index (χ1n) is 9.13. The van der Waals surface area contributed by atoms with Gasteiger partial charge < -0.3 is 10.3 Å². The number of anilines is 1. The van der Waals surface area contributed by atoms with Gasteiger partial charge in [0.1, 0.15) is 0 Å². The van der Waals surface area contributed by atoms with E-state index in [1.165, 1.54) is 5.56 Å². The van der Waals surface area contributed by atoms with E-state index in [0.717, 1.165) is 39.0 Å². The van der Waals surface area contributed by atoms with Crippen LogP contribution in [-0.4, -0.2) is 10.9 Å². The number of benzene rings is 3.